The van der Waals surface area contributed by atoms with Crippen molar-refractivity contribution in [2.24, 2.45) is 0 Å². The van der Waals surface area contributed by atoms with E-state index < -0.39 is 0 Å². The lowest BCUT2D eigenvalue weighted by molar-refractivity contribution is 0.949. The van der Waals surface area contributed by atoms with Gasteiger partial charge in [0.2, 0.25) is 0 Å². The molecule has 98 valence electrons. The van der Waals surface area contributed by atoms with Crippen LogP contribution in [-0.2, 0) is 0 Å². The quantitative estimate of drug-likeness (QED) is 0.745. The maximum absolute atomic E-state index is 2.51. The van der Waals surface area contributed by atoms with Crippen LogP contribution in [0.5, 0.6) is 0 Å². The van der Waals surface area contributed by atoms with Crippen LogP contribution in [0, 0.1) is 0 Å². The average molecular weight is 269 g/mol. The molecule has 0 amide bonds. The highest BCUT2D eigenvalue weighted by Crippen LogP contribution is 2.32. The molecule has 1 aliphatic heterocycles. The van der Waals surface area contributed by atoms with Crippen molar-refractivity contribution < 1.29 is 0 Å². The zero-order valence-corrected chi connectivity index (χ0v) is 12.1. The number of hydrogen-bond donors (Lipinski definition) is 0. The minimum atomic E-state index is 1.20. The zero-order chi connectivity index (χ0) is 13.1. The summed E-state index contributed by atoms with van der Waals surface area (Å²) in [6.07, 6.45) is 4.80. The molecule has 0 aromatic heterocycles. The molecule has 0 saturated carbocycles. The summed E-state index contributed by atoms with van der Waals surface area (Å²) >= 11 is 1.82. The van der Waals surface area contributed by atoms with Crippen molar-refractivity contribution in [1.29, 1.82) is 0 Å². The van der Waals surface area contributed by atoms with Crippen molar-refractivity contribution in [1.82, 2.24) is 0 Å². The number of nitrogens with zero attached hydrogens (tertiary/aromatic N) is 1. The van der Waals surface area contributed by atoms with Crippen LogP contribution in [0.4, 0.5) is 5.69 Å². The van der Waals surface area contributed by atoms with Gasteiger partial charge in [0.1, 0.15) is 0 Å². The van der Waals surface area contributed by atoms with Gasteiger partial charge in [0.25, 0.3) is 0 Å². The van der Waals surface area contributed by atoms with Crippen LogP contribution < -0.4 is 4.90 Å². The fourth-order valence-electron chi connectivity index (χ4n) is 2.66. The molecular weight excluding hydrogens is 250 g/mol. The molecule has 1 aliphatic rings. The first-order valence-electron chi connectivity index (χ1n) is 6.86. The molecule has 1 saturated heterocycles. The molecule has 2 heteroatoms. The smallest absolute Gasteiger partial charge is 0.0383 e. The summed E-state index contributed by atoms with van der Waals surface area (Å²) in [4.78, 5) is 3.86. The molecular formula is C17H19NS. The molecule has 1 heterocycles. The molecule has 2 aromatic carbocycles. The molecule has 0 aliphatic carbocycles. The van der Waals surface area contributed by atoms with Crippen LogP contribution in [0.15, 0.2) is 53.4 Å². The predicted octanol–water partition coefficient (Wildman–Crippen LogP) is 4.68. The molecule has 0 unspecified atom stereocenters. The number of hydrogen-bond acceptors (Lipinski definition) is 2. The Morgan fingerprint density at radius 2 is 1.63 bits per heavy atom. The van der Waals surface area contributed by atoms with E-state index in [9.17, 15) is 0 Å². The topological polar surface area (TPSA) is 3.24 Å². The van der Waals surface area contributed by atoms with Crippen LogP contribution in [0.25, 0.3) is 11.1 Å². The Bertz CT molecular complexity index is 544. The van der Waals surface area contributed by atoms with E-state index in [0.29, 0.717) is 0 Å². The zero-order valence-electron chi connectivity index (χ0n) is 11.3. The van der Waals surface area contributed by atoms with Crippen molar-refractivity contribution in [3.8, 4) is 11.1 Å². The Balaban J connectivity index is 2.02. The molecule has 1 fully saturated rings. The second-order valence-corrected chi connectivity index (χ2v) is 5.86. The van der Waals surface area contributed by atoms with Gasteiger partial charge in [-0.1, -0.05) is 30.3 Å². The molecule has 0 radical (unpaired) electrons. The minimum Gasteiger partial charge on any atom is -0.371 e. The van der Waals surface area contributed by atoms with E-state index in [4.69, 9.17) is 0 Å². The van der Waals surface area contributed by atoms with Crippen LogP contribution in [-0.4, -0.2) is 19.3 Å². The summed E-state index contributed by atoms with van der Waals surface area (Å²) in [5.41, 5.74) is 4.01. The second kappa shape index (κ2) is 5.70. The van der Waals surface area contributed by atoms with Crippen molar-refractivity contribution in [2.45, 2.75) is 17.7 Å². The highest BCUT2D eigenvalue weighted by molar-refractivity contribution is 7.98. The van der Waals surface area contributed by atoms with E-state index in [1.165, 1.54) is 47.6 Å². The summed E-state index contributed by atoms with van der Waals surface area (Å²) in [5.74, 6) is 0. The summed E-state index contributed by atoms with van der Waals surface area (Å²) < 4.78 is 0. The number of thioether (sulfide) groups is 1. The van der Waals surface area contributed by atoms with Gasteiger partial charge in [-0.2, -0.15) is 0 Å². The van der Waals surface area contributed by atoms with Crippen LogP contribution in [0.2, 0.25) is 0 Å². The SMILES string of the molecule is CSc1cc(-c2ccccc2)cc(N2CCCC2)c1. The van der Waals surface area contributed by atoms with Crippen LogP contribution in [0.1, 0.15) is 12.8 Å². The van der Waals surface area contributed by atoms with E-state index in [0.717, 1.165) is 0 Å². The van der Waals surface area contributed by atoms with Crippen molar-refractivity contribution in [3.05, 3.63) is 48.5 Å². The summed E-state index contributed by atoms with van der Waals surface area (Å²) in [7, 11) is 0. The lowest BCUT2D eigenvalue weighted by Crippen LogP contribution is -2.17. The van der Waals surface area contributed by atoms with Gasteiger partial charge in [0, 0.05) is 23.7 Å². The number of rotatable bonds is 3. The summed E-state index contributed by atoms with van der Waals surface area (Å²) in [6.45, 7) is 2.40. The normalized spacial score (nSPS) is 14.9. The molecule has 0 atom stereocenters. The highest BCUT2D eigenvalue weighted by atomic mass is 32.2. The van der Waals surface area contributed by atoms with Gasteiger partial charge < -0.3 is 4.90 Å². The number of anilines is 1. The molecule has 3 rings (SSSR count). The van der Waals surface area contributed by atoms with Gasteiger partial charge in [-0.3, -0.25) is 0 Å². The monoisotopic (exact) mass is 269 g/mol. The molecule has 19 heavy (non-hydrogen) atoms. The lowest BCUT2D eigenvalue weighted by Gasteiger charge is -2.19. The highest BCUT2D eigenvalue weighted by Gasteiger charge is 2.14. The molecule has 0 spiro atoms. The number of benzene rings is 2. The Hall–Kier alpha value is -1.41. The van der Waals surface area contributed by atoms with E-state index in [1.54, 1.807) is 0 Å². The van der Waals surface area contributed by atoms with Crippen molar-refractivity contribution in [2.75, 3.05) is 24.2 Å². The van der Waals surface area contributed by atoms with Gasteiger partial charge in [0.15, 0.2) is 0 Å². The predicted molar refractivity (Wildman–Crippen MR) is 85.1 cm³/mol. The maximum Gasteiger partial charge on any atom is 0.0383 e. The summed E-state index contributed by atoms with van der Waals surface area (Å²) in [6, 6.07) is 17.6. The van der Waals surface area contributed by atoms with Crippen molar-refractivity contribution >= 4 is 17.4 Å². The minimum absolute atomic E-state index is 1.20. The van der Waals surface area contributed by atoms with Gasteiger partial charge in [-0.25, -0.2) is 0 Å². The molecule has 0 N–H and O–H groups in total. The van der Waals surface area contributed by atoms with Crippen LogP contribution in [0.3, 0.4) is 0 Å². The first-order valence-corrected chi connectivity index (χ1v) is 8.09. The second-order valence-electron chi connectivity index (χ2n) is 4.98. The third kappa shape index (κ3) is 2.79. The molecule has 0 bridgehead atoms. The fourth-order valence-corrected chi connectivity index (χ4v) is 3.14. The van der Waals surface area contributed by atoms with E-state index >= 15 is 0 Å². The Morgan fingerprint density at radius 3 is 2.32 bits per heavy atom. The third-order valence-corrected chi connectivity index (χ3v) is 4.41. The Morgan fingerprint density at radius 1 is 0.895 bits per heavy atom. The van der Waals surface area contributed by atoms with Crippen molar-refractivity contribution in [3.63, 3.8) is 0 Å². The van der Waals surface area contributed by atoms with Gasteiger partial charge in [-0.05, 0) is 48.4 Å². The molecule has 2 aromatic rings. The Kier molecular flexibility index (Phi) is 3.79. The van der Waals surface area contributed by atoms with Crippen LogP contribution >= 0.6 is 11.8 Å². The largest absolute Gasteiger partial charge is 0.371 e. The van der Waals surface area contributed by atoms with E-state index in [1.807, 2.05) is 11.8 Å². The first-order chi connectivity index (χ1) is 9.36. The van der Waals surface area contributed by atoms with Gasteiger partial charge in [0.05, 0.1) is 0 Å². The molecule has 1 nitrogen and oxygen atoms in total. The fraction of sp³-hybridized carbons (Fsp3) is 0.294. The van der Waals surface area contributed by atoms with Gasteiger partial charge in [-0.15, -0.1) is 11.8 Å². The first kappa shape index (κ1) is 12.6. The van der Waals surface area contributed by atoms with E-state index in [2.05, 4.69) is 59.7 Å². The Labute approximate surface area is 119 Å². The summed E-state index contributed by atoms with van der Waals surface area (Å²) in [5, 5.41) is 0. The average Bonchev–Trinajstić information content (AvgIpc) is 3.02. The maximum atomic E-state index is 2.51. The lowest BCUT2D eigenvalue weighted by atomic mass is 10.0. The third-order valence-electron chi connectivity index (χ3n) is 3.71. The van der Waals surface area contributed by atoms with Gasteiger partial charge >= 0.3 is 0 Å². The standard InChI is InChI=1S/C17H19NS/c1-19-17-12-15(14-7-3-2-4-8-14)11-16(13-17)18-9-5-6-10-18/h2-4,7-8,11-13H,5-6,9-10H2,1H3. The van der Waals surface area contributed by atoms with E-state index in [-0.39, 0.29) is 0 Å².